The number of sulfonamides is 1. The Morgan fingerprint density at radius 2 is 1.95 bits per heavy atom. The number of aryl methyl sites for hydroxylation is 1. The highest BCUT2D eigenvalue weighted by Crippen LogP contribution is 2.25. The molecule has 3 N–H and O–H groups in total. The standard InChI is InChI=1S/C14H22N2O3S/c1-10-3-4-13(15)11(2)14(10)20(17,18)16-9-12-5-7-19-8-6-12/h3-4,12,16H,5-9,15H2,1-2H3. The molecule has 1 heterocycles. The molecule has 112 valence electrons. The topological polar surface area (TPSA) is 81.4 Å². The van der Waals surface area contributed by atoms with Gasteiger partial charge >= 0.3 is 0 Å². The zero-order valence-electron chi connectivity index (χ0n) is 12.0. The van der Waals surface area contributed by atoms with E-state index in [-0.39, 0.29) is 0 Å². The highest BCUT2D eigenvalue weighted by Gasteiger charge is 2.23. The second kappa shape index (κ2) is 6.11. The molecule has 1 saturated heterocycles. The Bertz CT molecular complexity index is 578. The predicted octanol–water partition coefficient (Wildman–Crippen LogP) is 1.59. The van der Waals surface area contributed by atoms with Crippen LogP contribution in [0.25, 0.3) is 0 Å². The summed E-state index contributed by atoms with van der Waals surface area (Å²) in [5.74, 6) is 0.347. The van der Waals surface area contributed by atoms with E-state index in [1.54, 1.807) is 26.0 Å². The maximum atomic E-state index is 12.5. The first kappa shape index (κ1) is 15.3. The molecule has 1 aliphatic rings. The normalized spacial score (nSPS) is 17.3. The van der Waals surface area contributed by atoms with E-state index >= 15 is 0 Å². The Morgan fingerprint density at radius 3 is 2.60 bits per heavy atom. The van der Waals surface area contributed by atoms with E-state index in [9.17, 15) is 8.42 Å². The Kier molecular flexibility index (Phi) is 4.67. The third kappa shape index (κ3) is 3.31. The number of rotatable bonds is 4. The largest absolute Gasteiger partial charge is 0.398 e. The molecule has 0 aliphatic carbocycles. The molecule has 1 aliphatic heterocycles. The van der Waals surface area contributed by atoms with Gasteiger partial charge in [0.25, 0.3) is 0 Å². The first-order valence-electron chi connectivity index (χ1n) is 6.85. The zero-order valence-corrected chi connectivity index (χ0v) is 12.8. The summed E-state index contributed by atoms with van der Waals surface area (Å²) >= 11 is 0. The van der Waals surface area contributed by atoms with Gasteiger partial charge in [-0.25, -0.2) is 13.1 Å². The number of nitrogens with one attached hydrogen (secondary N) is 1. The van der Waals surface area contributed by atoms with Gasteiger partial charge in [-0.1, -0.05) is 6.07 Å². The van der Waals surface area contributed by atoms with E-state index in [1.165, 1.54) is 0 Å². The molecule has 0 aromatic heterocycles. The van der Waals surface area contributed by atoms with Crippen LogP contribution in [0.2, 0.25) is 0 Å². The maximum absolute atomic E-state index is 12.5. The van der Waals surface area contributed by atoms with Gasteiger partial charge in [-0.2, -0.15) is 0 Å². The van der Waals surface area contributed by atoms with Gasteiger partial charge in [0, 0.05) is 25.4 Å². The van der Waals surface area contributed by atoms with Crippen molar-refractivity contribution in [3.63, 3.8) is 0 Å². The fourth-order valence-corrected chi connectivity index (χ4v) is 4.12. The summed E-state index contributed by atoms with van der Waals surface area (Å²) in [6.45, 7) is 5.41. The smallest absolute Gasteiger partial charge is 0.241 e. The van der Waals surface area contributed by atoms with Crippen molar-refractivity contribution in [2.75, 3.05) is 25.5 Å². The molecule has 6 heteroatoms. The fraction of sp³-hybridized carbons (Fsp3) is 0.571. The quantitative estimate of drug-likeness (QED) is 0.827. The third-order valence-electron chi connectivity index (χ3n) is 3.82. The van der Waals surface area contributed by atoms with Crippen molar-refractivity contribution < 1.29 is 13.2 Å². The van der Waals surface area contributed by atoms with Gasteiger partial charge in [-0.05, 0) is 49.8 Å². The van der Waals surface area contributed by atoms with E-state index in [0.29, 0.717) is 41.8 Å². The molecule has 0 unspecified atom stereocenters. The summed E-state index contributed by atoms with van der Waals surface area (Å²) in [7, 11) is -3.51. The average Bonchev–Trinajstić information content (AvgIpc) is 2.42. The van der Waals surface area contributed by atoms with Gasteiger partial charge < -0.3 is 10.5 Å². The molecule has 0 atom stereocenters. The second-order valence-electron chi connectivity index (χ2n) is 5.33. The molecule has 0 radical (unpaired) electrons. The number of nitrogen functional groups attached to an aromatic ring is 1. The van der Waals surface area contributed by atoms with Gasteiger partial charge in [0.1, 0.15) is 0 Å². The average molecular weight is 298 g/mol. The number of nitrogens with two attached hydrogens (primary N) is 1. The van der Waals surface area contributed by atoms with Crippen LogP contribution in [0.5, 0.6) is 0 Å². The summed E-state index contributed by atoms with van der Waals surface area (Å²) in [4.78, 5) is 0.310. The molecule has 0 amide bonds. The molecule has 0 bridgehead atoms. The number of ether oxygens (including phenoxy) is 1. The first-order chi connectivity index (χ1) is 9.42. The second-order valence-corrected chi connectivity index (χ2v) is 7.04. The van der Waals surface area contributed by atoms with Crippen molar-refractivity contribution in [3.05, 3.63) is 23.3 Å². The Morgan fingerprint density at radius 1 is 1.30 bits per heavy atom. The van der Waals surface area contributed by atoms with Crippen LogP contribution >= 0.6 is 0 Å². The first-order valence-corrected chi connectivity index (χ1v) is 8.33. The van der Waals surface area contributed by atoms with Gasteiger partial charge in [-0.15, -0.1) is 0 Å². The van der Waals surface area contributed by atoms with Crippen LogP contribution in [-0.4, -0.2) is 28.2 Å². The summed E-state index contributed by atoms with van der Waals surface area (Å²) in [6, 6.07) is 3.48. The van der Waals surface area contributed by atoms with Crippen molar-refractivity contribution in [2.45, 2.75) is 31.6 Å². The summed E-state index contributed by atoms with van der Waals surface area (Å²) in [6.07, 6.45) is 1.80. The monoisotopic (exact) mass is 298 g/mol. The molecule has 1 aromatic carbocycles. The Hall–Kier alpha value is -1.11. The minimum atomic E-state index is -3.51. The molecule has 20 heavy (non-hydrogen) atoms. The van der Waals surface area contributed by atoms with Crippen molar-refractivity contribution in [3.8, 4) is 0 Å². The van der Waals surface area contributed by atoms with Gasteiger partial charge in [0.15, 0.2) is 0 Å². The molecular weight excluding hydrogens is 276 g/mol. The lowest BCUT2D eigenvalue weighted by Crippen LogP contribution is -2.33. The predicted molar refractivity (Wildman–Crippen MR) is 79.1 cm³/mol. The molecule has 0 spiro atoms. The Labute approximate surface area is 120 Å². The van der Waals surface area contributed by atoms with Crippen LogP contribution in [0.1, 0.15) is 24.0 Å². The van der Waals surface area contributed by atoms with E-state index in [2.05, 4.69) is 4.72 Å². The molecule has 1 aromatic rings. The Balaban J connectivity index is 2.16. The molecule has 0 saturated carbocycles. The van der Waals surface area contributed by atoms with E-state index in [4.69, 9.17) is 10.5 Å². The zero-order chi connectivity index (χ0) is 14.8. The lowest BCUT2D eigenvalue weighted by atomic mass is 10.0. The van der Waals surface area contributed by atoms with Crippen LogP contribution in [0.15, 0.2) is 17.0 Å². The van der Waals surface area contributed by atoms with Crippen LogP contribution in [-0.2, 0) is 14.8 Å². The van der Waals surface area contributed by atoms with E-state index < -0.39 is 10.0 Å². The van der Waals surface area contributed by atoms with Crippen LogP contribution in [0, 0.1) is 19.8 Å². The van der Waals surface area contributed by atoms with Crippen molar-refractivity contribution in [1.82, 2.24) is 4.72 Å². The highest BCUT2D eigenvalue weighted by molar-refractivity contribution is 7.89. The fourth-order valence-electron chi connectivity index (χ4n) is 2.51. The van der Waals surface area contributed by atoms with Crippen LogP contribution in [0.4, 0.5) is 5.69 Å². The molecule has 1 fully saturated rings. The lowest BCUT2D eigenvalue weighted by molar-refractivity contribution is 0.0678. The minimum Gasteiger partial charge on any atom is -0.398 e. The molecular formula is C14H22N2O3S. The van der Waals surface area contributed by atoms with Gasteiger partial charge in [0.2, 0.25) is 10.0 Å². The van der Waals surface area contributed by atoms with Crippen LogP contribution in [0.3, 0.4) is 0 Å². The number of hydrogen-bond donors (Lipinski definition) is 2. The van der Waals surface area contributed by atoms with Gasteiger partial charge in [-0.3, -0.25) is 0 Å². The van der Waals surface area contributed by atoms with Crippen LogP contribution < -0.4 is 10.5 Å². The summed E-state index contributed by atoms with van der Waals surface area (Å²) < 4.78 is 32.9. The van der Waals surface area contributed by atoms with Crippen molar-refractivity contribution >= 4 is 15.7 Å². The molecule has 2 rings (SSSR count). The lowest BCUT2D eigenvalue weighted by Gasteiger charge is -2.22. The number of benzene rings is 1. The van der Waals surface area contributed by atoms with Gasteiger partial charge in [0.05, 0.1) is 4.90 Å². The van der Waals surface area contributed by atoms with E-state index in [0.717, 1.165) is 18.4 Å². The van der Waals surface area contributed by atoms with E-state index in [1.807, 2.05) is 0 Å². The summed E-state index contributed by atoms with van der Waals surface area (Å²) in [5.41, 5.74) is 7.65. The minimum absolute atomic E-state index is 0.310. The number of anilines is 1. The summed E-state index contributed by atoms with van der Waals surface area (Å²) in [5, 5.41) is 0. The highest BCUT2D eigenvalue weighted by atomic mass is 32.2. The van der Waals surface area contributed by atoms with Crippen molar-refractivity contribution in [1.29, 1.82) is 0 Å². The molecule has 5 nitrogen and oxygen atoms in total. The van der Waals surface area contributed by atoms with Crippen molar-refractivity contribution in [2.24, 2.45) is 5.92 Å². The number of hydrogen-bond acceptors (Lipinski definition) is 4. The maximum Gasteiger partial charge on any atom is 0.241 e. The third-order valence-corrected chi connectivity index (χ3v) is 5.53. The SMILES string of the molecule is Cc1ccc(N)c(C)c1S(=O)(=O)NCC1CCOCC1.